The van der Waals surface area contributed by atoms with Crippen LogP contribution >= 0.6 is 23.3 Å². The van der Waals surface area contributed by atoms with Crippen LogP contribution in [0.2, 0.25) is 5.15 Å². The van der Waals surface area contributed by atoms with Crippen molar-refractivity contribution in [3.63, 3.8) is 0 Å². The molecule has 7 heteroatoms. The predicted molar refractivity (Wildman–Crippen MR) is 64.5 cm³/mol. The van der Waals surface area contributed by atoms with E-state index in [-0.39, 0.29) is 11.0 Å². The van der Waals surface area contributed by atoms with Crippen molar-refractivity contribution >= 4 is 23.3 Å². The number of benzene rings is 1. The lowest BCUT2D eigenvalue weighted by Crippen LogP contribution is -1.94. The second-order valence-electron chi connectivity index (χ2n) is 2.95. The van der Waals surface area contributed by atoms with E-state index in [0.717, 1.165) is 11.7 Å². The molecule has 2 rings (SSSR count). The van der Waals surface area contributed by atoms with Gasteiger partial charge in [-0.15, -0.1) is 4.37 Å². The number of halogens is 1. The molecule has 0 radical (unpaired) electrons. The van der Waals surface area contributed by atoms with Crippen molar-refractivity contribution in [2.75, 3.05) is 14.2 Å². The molecule has 17 heavy (non-hydrogen) atoms. The molecule has 5 nitrogen and oxygen atoms in total. The van der Waals surface area contributed by atoms with Crippen molar-refractivity contribution < 1.29 is 14.2 Å². The van der Waals surface area contributed by atoms with Gasteiger partial charge >= 0.3 is 0 Å². The number of nitrogens with zero attached hydrogens (tertiary/aromatic N) is 2. The topological polar surface area (TPSA) is 53.5 Å². The maximum Gasteiger partial charge on any atom is 0.271 e. The first-order chi connectivity index (χ1) is 8.26. The molecular formula is C10H9ClN2O3S. The first kappa shape index (κ1) is 11.9. The van der Waals surface area contributed by atoms with Gasteiger partial charge in [-0.3, -0.25) is 0 Å². The Hall–Kier alpha value is -1.53. The van der Waals surface area contributed by atoms with Crippen LogP contribution in [0.15, 0.2) is 18.2 Å². The molecule has 0 bridgehead atoms. The number of hydrogen-bond donors (Lipinski definition) is 0. The summed E-state index contributed by atoms with van der Waals surface area (Å²) in [5.74, 6) is 1.73. The minimum absolute atomic E-state index is 0.211. The van der Waals surface area contributed by atoms with Crippen LogP contribution < -0.4 is 14.2 Å². The first-order valence-electron chi connectivity index (χ1n) is 4.63. The van der Waals surface area contributed by atoms with Gasteiger partial charge in [0.05, 0.1) is 25.9 Å². The molecule has 0 amide bonds. The first-order valence-corrected chi connectivity index (χ1v) is 5.74. The fraction of sp³-hybridized carbons (Fsp3) is 0.200. The third-order valence-corrected chi connectivity index (χ3v) is 2.86. The van der Waals surface area contributed by atoms with Crippen molar-refractivity contribution in [2.24, 2.45) is 0 Å². The minimum atomic E-state index is 0.211. The number of aromatic nitrogens is 2. The average molecular weight is 273 g/mol. The molecule has 1 aromatic heterocycles. The Labute approximate surface area is 107 Å². The van der Waals surface area contributed by atoms with Gasteiger partial charge in [0.15, 0.2) is 11.5 Å². The van der Waals surface area contributed by atoms with Crippen LogP contribution in [0.5, 0.6) is 23.1 Å². The maximum atomic E-state index is 5.81. The van der Waals surface area contributed by atoms with Crippen molar-refractivity contribution in [1.29, 1.82) is 0 Å². The summed E-state index contributed by atoms with van der Waals surface area (Å²) in [6.07, 6.45) is 0. The molecule has 90 valence electrons. The lowest BCUT2D eigenvalue weighted by molar-refractivity contribution is 0.343. The summed E-state index contributed by atoms with van der Waals surface area (Å²) in [7, 11) is 3.09. The lowest BCUT2D eigenvalue weighted by Gasteiger charge is -2.11. The van der Waals surface area contributed by atoms with Gasteiger partial charge in [0.25, 0.3) is 5.88 Å². The molecule has 0 aliphatic rings. The normalized spacial score (nSPS) is 10.1. The van der Waals surface area contributed by atoms with Gasteiger partial charge in [0.1, 0.15) is 0 Å². The Kier molecular flexibility index (Phi) is 3.65. The minimum Gasteiger partial charge on any atom is -0.493 e. The Balaban J connectivity index is 2.40. The van der Waals surface area contributed by atoms with E-state index >= 15 is 0 Å². The van der Waals surface area contributed by atoms with Gasteiger partial charge in [0, 0.05) is 0 Å². The van der Waals surface area contributed by atoms with Gasteiger partial charge < -0.3 is 14.2 Å². The Morgan fingerprint density at radius 3 is 2.24 bits per heavy atom. The van der Waals surface area contributed by atoms with E-state index in [4.69, 9.17) is 25.8 Å². The summed E-state index contributed by atoms with van der Waals surface area (Å²) in [4.78, 5) is 0. The van der Waals surface area contributed by atoms with Crippen LogP contribution in [-0.4, -0.2) is 23.0 Å². The predicted octanol–water partition coefficient (Wildman–Crippen LogP) is 3.00. The average Bonchev–Trinajstić information content (AvgIpc) is 2.75. The summed E-state index contributed by atoms with van der Waals surface area (Å²) >= 11 is 6.78. The van der Waals surface area contributed by atoms with E-state index in [2.05, 4.69) is 8.75 Å². The molecule has 0 atom stereocenters. The van der Waals surface area contributed by atoms with Gasteiger partial charge in [-0.2, -0.15) is 4.37 Å². The highest BCUT2D eigenvalue weighted by atomic mass is 35.5. The van der Waals surface area contributed by atoms with Crippen LogP contribution in [0, 0.1) is 0 Å². The van der Waals surface area contributed by atoms with Crippen LogP contribution in [0.25, 0.3) is 0 Å². The van der Waals surface area contributed by atoms with E-state index in [9.17, 15) is 0 Å². The summed E-state index contributed by atoms with van der Waals surface area (Å²) in [5, 5.41) is 0.211. The maximum absolute atomic E-state index is 5.81. The van der Waals surface area contributed by atoms with Gasteiger partial charge in [-0.1, -0.05) is 17.7 Å². The fourth-order valence-corrected chi connectivity index (χ4v) is 1.86. The molecule has 0 N–H and O–H groups in total. The summed E-state index contributed by atoms with van der Waals surface area (Å²) in [6, 6.07) is 5.31. The molecule has 0 saturated heterocycles. The standard InChI is InChI=1S/C10H9ClN2O3S/c1-14-6-4-3-5-7(15-2)8(6)16-10-9(11)12-17-13-10/h3-5H,1-2H3. The zero-order valence-corrected chi connectivity index (χ0v) is 10.7. The van der Waals surface area contributed by atoms with Crippen LogP contribution in [0.4, 0.5) is 0 Å². The van der Waals surface area contributed by atoms with Crippen molar-refractivity contribution in [3.8, 4) is 23.1 Å². The quantitative estimate of drug-likeness (QED) is 0.856. The molecule has 1 aromatic carbocycles. The molecule has 0 spiro atoms. The molecule has 0 saturated carbocycles. The highest BCUT2D eigenvalue weighted by molar-refractivity contribution is 6.99. The highest BCUT2D eigenvalue weighted by Gasteiger charge is 2.16. The summed E-state index contributed by atoms with van der Waals surface area (Å²) in [5.41, 5.74) is 0. The molecule has 1 heterocycles. The Morgan fingerprint density at radius 2 is 1.76 bits per heavy atom. The van der Waals surface area contributed by atoms with E-state index in [1.807, 2.05) is 0 Å². The molecule has 0 aliphatic heterocycles. The molecular weight excluding hydrogens is 264 g/mol. The van der Waals surface area contributed by atoms with Crippen LogP contribution in [0.3, 0.4) is 0 Å². The number of rotatable bonds is 4. The Morgan fingerprint density at radius 1 is 1.12 bits per heavy atom. The van der Waals surface area contributed by atoms with E-state index in [1.165, 1.54) is 0 Å². The molecule has 0 fully saturated rings. The zero-order valence-electron chi connectivity index (χ0n) is 9.14. The van der Waals surface area contributed by atoms with Gasteiger partial charge in [-0.05, 0) is 12.1 Å². The van der Waals surface area contributed by atoms with E-state index in [1.54, 1.807) is 32.4 Å². The molecule has 0 unspecified atom stereocenters. The molecule has 2 aromatic rings. The smallest absolute Gasteiger partial charge is 0.271 e. The van der Waals surface area contributed by atoms with E-state index in [0.29, 0.717) is 17.2 Å². The summed E-state index contributed by atoms with van der Waals surface area (Å²) < 4.78 is 23.7. The third kappa shape index (κ3) is 2.42. The van der Waals surface area contributed by atoms with E-state index < -0.39 is 0 Å². The van der Waals surface area contributed by atoms with Crippen molar-refractivity contribution in [2.45, 2.75) is 0 Å². The zero-order chi connectivity index (χ0) is 12.3. The molecule has 0 aliphatic carbocycles. The fourth-order valence-electron chi connectivity index (χ4n) is 1.25. The van der Waals surface area contributed by atoms with Crippen molar-refractivity contribution in [3.05, 3.63) is 23.4 Å². The van der Waals surface area contributed by atoms with Gasteiger partial charge in [-0.25, -0.2) is 0 Å². The summed E-state index contributed by atoms with van der Waals surface area (Å²) in [6.45, 7) is 0. The largest absolute Gasteiger partial charge is 0.493 e. The SMILES string of the molecule is COc1cccc(OC)c1Oc1nsnc1Cl. The Bertz CT molecular complexity index is 496. The number of para-hydroxylation sites is 1. The van der Waals surface area contributed by atoms with Crippen LogP contribution in [0.1, 0.15) is 0 Å². The number of hydrogen-bond acceptors (Lipinski definition) is 6. The lowest BCUT2D eigenvalue weighted by atomic mass is 10.3. The van der Waals surface area contributed by atoms with Gasteiger partial charge in [0.2, 0.25) is 10.9 Å². The monoisotopic (exact) mass is 272 g/mol. The second kappa shape index (κ2) is 5.20. The highest BCUT2D eigenvalue weighted by Crippen LogP contribution is 2.40. The van der Waals surface area contributed by atoms with Crippen LogP contribution in [-0.2, 0) is 0 Å². The second-order valence-corrected chi connectivity index (χ2v) is 3.84. The third-order valence-electron chi connectivity index (χ3n) is 2.00. The number of ether oxygens (including phenoxy) is 3. The number of methoxy groups -OCH3 is 2. The van der Waals surface area contributed by atoms with Crippen molar-refractivity contribution in [1.82, 2.24) is 8.75 Å².